The number of carbonyl (C=O) groups is 1. The number of pyridine rings is 2. The SMILES string of the molecule is CCN=CC(=CN)c1cnc(N)c(-c2ccc(NC(=O)c3cc(C4CC4)c(C#N)n(-c4ccc(F)cc4)c3=O)cc2F)c1. The van der Waals surface area contributed by atoms with E-state index in [1.165, 1.54) is 54.9 Å². The summed E-state index contributed by atoms with van der Waals surface area (Å²) in [6.45, 7) is 2.43. The average Bonchev–Trinajstić information content (AvgIpc) is 3.84. The molecule has 0 bridgehead atoms. The Hall–Kier alpha value is -5.63. The van der Waals surface area contributed by atoms with Gasteiger partial charge in [0.25, 0.3) is 11.5 Å². The molecule has 5 rings (SSSR count). The first kappa shape index (κ1) is 28.9. The second-order valence-corrected chi connectivity index (χ2v) is 9.92. The molecular formula is C32H27F2N7O2. The average molecular weight is 580 g/mol. The molecule has 0 atom stereocenters. The van der Waals surface area contributed by atoms with E-state index in [9.17, 15) is 19.2 Å². The molecule has 4 aromatic rings. The molecule has 1 saturated carbocycles. The van der Waals surface area contributed by atoms with Gasteiger partial charge in [-0.15, -0.1) is 0 Å². The second kappa shape index (κ2) is 12.1. The standard InChI is InChI=1S/C32H27F2N7O2/c1-2-38-16-20(14-35)19-11-26(30(37)39-17-19)24-10-7-22(12-28(24)34)40-31(42)27-13-25(18-3-4-18)29(15-36)41(32(27)43)23-8-5-21(33)6-9-23/h5-14,16-18H,2-4,35H2,1H3,(H2,37,39)(H,40,42). The predicted molar refractivity (Wildman–Crippen MR) is 162 cm³/mol. The summed E-state index contributed by atoms with van der Waals surface area (Å²) >= 11 is 0. The largest absolute Gasteiger partial charge is 0.404 e. The van der Waals surface area contributed by atoms with Gasteiger partial charge in [-0.2, -0.15) is 5.26 Å². The number of nitriles is 1. The number of amides is 1. The van der Waals surface area contributed by atoms with Crippen LogP contribution in [0.2, 0.25) is 0 Å². The second-order valence-electron chi connectivity index (χ2n) is 9.92. The van der Waals surface area contributed by atoms with Crippen molar-refractivity contribution in [3.63, 3.8) is 0 Å². The lowest BCUT2D eigenvalue weighted by Gasteiger charge is -2.15. The molecule has 0 saturated heterocycles. The van der Waals surface area contributed by atoms with E-state index < -0.39 is 23.1 Å². The number of hydrogen-bond acceptors (Lipinski definition) is 7. The van der Waals surface area contributed by atoms with Gasteiger partial charge in [-0.05, 0) is 85.8 Å². The van der Waals surface area contributed by atoms with Gasteiger partial charge in [0.15, 0.2) is 0 Å². The number of halogens is 2. The van der Waals surface area contributed by atoms with Gasteiger partial charge >= 0.3 is 0 Å². The lowest BCUT2D eigenvalue weighted by molar-refractivity contribution is 0.102. The molecule has 0 radical (unpaired) electrons. The van der Waals surface area contributed by atoms with Crippen LogP contribution in [0, 0.1) is 23.0 Å². The number of aromatic nitrogens is 2. The maximum absolute atomic E-state index is 15.4. The molecule has 43 heavy (non-hydrogen) atoms. The lowest BCUT2D eigenvalue weighted by atomic mass is 10.0. The third-order valence-corrected chi connectivity index (χ3v) is 7.04. The molecule has 11 heteroatoms. The van der Waals surface area contributed by atoms with Crippen molar-refractivity contribution in [1.82, 2.24) is 9.55 Å². The van der Waals surface area contributed by atoms with Gasteiger partial charge in [-0.25, -0.2) is 13.8 Å². The van der Waals surface area contributed by atoms with Crippen LogP contribution >= 0.6 is 0 Å². The summed E-state index contributed by atoms with van der Waals surface area (Å²) in [5.74, 6) is -1.87. The van der Waals surface area contributed by atoms with E-state index in [0.29, 0.717) is 28.8 Å². The van der Waals surface area contributed by atoms with Crippen LogP contribution in [0.5, 0.6) is 0 Å². The van der Waals surface area contributed by atoms with E-state index in [0.717, 1.165) is 23.5 Å². The summed E-state index contributed by atoms with van der Waals surface area (Å²) in [7, 11) is 0. The minimum absolute atomic E-state index is 0.0166. The molecule has 2 heterocycles. The summed E-state index contributed by atoms with van der Waals surface area (Å²) in [5.41, 5.74) is 13.4. The van der Waals surface area contributed by atoms with Crippen LogP contribution in [0.4, 0.5) is 20.3 Å². The van der Waals surface area contributed by atoms with Crippen LogP contribution in [0.15, 0.2) is 76.8 Å². The summed E-state index contributed by atoms with van der Waals surface area (Å²) in [4.78, 5) is 35.3. The number of nitrogens with two attached hydrogens (primary N) is 2. The summed E-state index contributed by atoms with van der Waals surface area (Å²) in [5, 5.41) is 12.5. The monoisotopic (exact) mass is 579 g/mol. The number of allylic oxidation sites excluding steroid dienone is 1. The summed E-state index contributed by atoms with van der Waals surface area (Å²) in [6.07, 6.45) is 6.08. The van der Waals surface area contributed by atoms with Crippen molar-refractivity contribution < 1.29 is 13.6 Å². The number of anilines is 2. The number of carbonyl (C=O) groups excluding carboxylic acids is 1. The van der Waals surface area contributed by atoms with Crippen molar-refractivity contribution in [2.75, 3.05) is 17.6 Å². The van der Waals surface area contributed by atoms with Gasteiger partial charge in [0.2, 0.25) is 0 Å². The number of rotatable bonds is 8. The molecule has 1 aliphatic carbocycles. The highest BCUT2D eigenvalue weighted by Gasteiger charge is 2.31. The Morgan fingerprint density at radius 2 is 1.91 bits per heavy atom. The molecular weight excluding hydrogens is 552 g/mol. The zero-order valence-electron chi connectivity index (χ0n) is 23.1. The van der Waals surface area contributed by atoms with Gasteiger partial charge in [-0.1, -0.05) is 0 Å². The highest BCUT2D eigenvalue weighted by Crippen LogP contribution is 2.42. The lowest BCUT2D eigenvalue weighted by Crippen LogP contribution is -2.31. The van der Waals surface area contributed by atoms with Crippen LogP contribution in [0.3, 0.4) is 0 Å². The Labute approximate surface area is 245 Å². The normalized spacial score (nSPS) is 13.2. The molecule has 0 unspecified atom stereocenters. The predicted octanol–water partition coefficient (Wildman–Crippen LogP) is 5.15. The first-order valence-electron chi connectivity index (χ1n) is 13.5. The van der Waals surface area contributed by atoms with E-state index in [4.69, 9.17) is 11.5 Å². The van der Waals surface area contributed by atoms with Gasteiger partial charge in [0.1, 0.15) is 34.8 Å². The number of benzene rings is 2. The quantitative estimate of drug-likeness (QED) is 0.246. The molecule has 2 aromatic heterocycles. The molecule has 216 valence electrons. The smallest absolute Gasteiger partial charge is 0.269 e. The van der Waals surface area contributed by atoms with Crippen molar-refractivity contribution in [2.45, 2.75) is 25.7 Å². The van der Waals surface area contributed by atoms with Crippen molar-refractivity contribution in [1.29, 1.82) is 5.26 Å². The fourth-order valence-corrected chi connectivity index (χ4v) is 4.72. The zero-order chi connectivity index (χ0) is 30.7. The third-order valence-electron chi connectivity index (χ3n) is 7.04. The Morgan fingerprint density at radius 3 is 2.53 bits per heavy atom. The molecule has 1 amide bonds. The maximum atomic E-state index is 15.4. The highest BCUT2D eigenvalue weighted by atomic mass is 19.1. The maximum Gasteiger partial charge on any atom is 0.269 e. The fraction of sp³-hybridized carbons (Fsp3) is 0.156. The van der Waals surface area contributed by atoms with E-state index in [1.54, 1.807) is 12.3 Å². The van der Waals surface area contributed by atoms with E-state index in [-0.39, 0.29) is 39.9 Å². The van der Waals surface area contributed by atoms with Gasteiger partial charge in [0, 0.05) is 53.1 Å². The number of nitrogen functional groups attached to an aromatic ring is 1. The number of hydrogen-bond donors (Lipinski definition) is 3. The molecule has 2 aromatic carbocycles. The van der Waals surface area contributed by atoms with Crippen LogP contribution < -0.4 is 22.3 Å². The Morgan fingerprint density at radius 1 is 1.16 bits per heavy atom. The van der Waals surface area contributed by atoms with Gasteiger partial charge in [-0.3, -0.25) is 19.1 Å². The topological polar surface area (TPSA) is 152 Å². The number of aliphatic imine (C=N–C) groups is 1. The molecule has 5 N–H and O–H groups in total. The fourth-order valence-electron chi connectivity index (χ4n) is 4.72. The van der Waals surface area contributed by atoms with E-state index in [2.05, 4.69) is 21.4 Å². The van der Waals surface area contributed by atoms with Crippen LogP contribution in [0.25, 0.3) is 22.4 Å². The van der Waals surface area contributed by atoms with Gasteiger partial charge in [0.05, 0.1) is 5.69 Å². The van der Waals surface area contributed by atoms with E-state index >= 15 is 4.39 Å². The molecule has 1 fully saturated rings. The Balaban J connectivity index is 1.49. The molecule has 1 aliphatic rings. The summed E-state index contributed by atoms with van der Waals surface area (Å²) in [6, 6.07) is 14.2. The van der Waals surface area contributed by atoms with Crippen molar-refractivity contribution in [3.05, 3.63) is 111 Å². The Kier molecular flexibility index (Phi) is 8.11. The van der Waals surface area contributed by atoms with Crippen LogP contribution in [-0.4, -0.2) is 28.2 Å². The Bertz CT molecular complexity index is 1890. The summed E-state index contributed by atoms with van der Waals surface area (Å²) < 4.78 is 30.1. The number of nitrogens with zero attached hydrogens (tertiary/aromatic N) is 4. The zero-order valence-corrected chi connectivity index (χ0v) is 23.1. The first-order chi connectivity index (χ1) is 20.7. The molecule has 9 nitrogen and oxygen atoms in total. The van der Waals surface area contributed by atoms with Crippen LogP contribution in [-0.2, 0) is 0 Å². The van der Waals surface area contributed by atoms with Crippen LogP contribution in [0.1, 0.15) is 52.9 Å². The van der Waals surface area contributed by atoms with Crippen molar-refractivity contribution in [2.24, 2.45) is 10.7 Å². The third kappa shape index (κ3) is 5.90. The molecule has 0 spiro atoms. The van der Waals surface area contributed by atoms with Crippen molar-refractivity contribution in [3.8, 4) is 22.9 Å². The van der Waals surface area contributed by atoms with Crippen molar-refractivity contribution >= 4 is 29.2 Å². The minimum Gasteiger partial charge on any atom is -0.404 e. The molecule has 0 aliphatic heterocycles. The minimum atomic E-state index is -0.782. The van der Waals surface area contributed by atoms with E-state index in [1.807, 2.05) is 6.92 Å². The van der Waals surface area contributed by atoms with Gasteiger partial charge < -0.3 is 16.8 Å². The number of nitrogens with one attached hydrogen (secondary N) is 1. The highest BCUT2D eigenvalue weighted by molar-refractivity contribution is 6.10. The first-order valence-corrected chi connectivity index (χ1v) is 13.5.